The molecule has 3 heteroatoms. The summed E-state index contributed by atoms with van der Waals surface area (Å²) in [7, 11) is 2.03. The summed E-state index contributed by atoms with van der Waals surface area (Å²) >= 11 is 0. The number of piperazine rings is 1. The summed E-state index contributed by atoms with van der Waals surface area (Å²) in [5.41, 5.74) is 1.36. The van der Waals surface area contributed by atoms with Gasteiger partial charge in [0.15, 0.2) is 0 Å². The molecule has 0 saturated carbocycles. The third-order valence-electron chi connectivity index (χ3n) is 3.52. The van der Waals surface area contributed by atoms with Crippen LogP contribution in [0, 0.1) is 0 Å². The van der Waals surface area contributed by atoms with Gasteiger partial charge in [-0.25, -0.2) is 0 Å². The predicted molar refractivity (Wildman–Crippen MR) is 73.6 cm³/mol. The molecule has 0 spiro atoms. The highest BCUT2D eigenvalue weighted by atomic mass is 15.3. The normalized spacial score (nSPS) is 19.3. The number of benzene rings is 1. The fourth-order valence-electron chi connectivity index (χ4n) is 2.31. The monoisotopic (exact) mass is 233 g/mol. The van der Waals surface area contributed by atoms with Gasteiger partial charge in [0.25, 0.3) is 0 Å². The molecule has 17 heavy (non-hydrogen) atoms. The topological polar surface area (TPSA) is 18.5 Å². The Kier molecular flexibility index (Phi) is 4.40. The predicted octanol–water partition coefficient (Wildman–Crippen LogP) is 1.42. The standard InChI is InChI=1S/C14H23N3/c1-13(15-2)12-16-8-10-17(11-9-16)14-6-4-3-5-7-14/h3-7,13,15H,8-12H2,1-2H3. The van der Waals surface area contributed by atoms with Crippen molar-refractivity contribution in [1.82, 2.24) is 10.2 Å². The van der Waals surface area contributed by atoms with Crippen LogP contribution in [0.25, 0.3) is 0 Å². The molecule has 3 nitrogen and oxygen atoms in total. The number of likely N-dealkylation sites (N-methyl/N-ethyl adjacent to an activating group) is 1. The fraction of sp³-hybridized carbons (Fsp3) is 0.571. The summed E-state index contributed by atoms with van der Waals surface area (Å²) < 4.78 is 0. The largest absolute Gasteiger partial charge is 0.369 e. The molecule has 2 rings (SSSR count). The zero-order valence-electron chi connectivity index (χ0n) is 10.9. The van der Waals surface area contributed by atoms with Crippen LogP contribution >= 0.6 is 0 Å². The van der Waals surface area contributed by atoms with Crippen LogP contribution in [0.1, 0.15) is 6.92 Å². The summed E-state index contributed by atoms with van der Waals surface area (Å²) in [6, 6.07) is 11.3. The van der Waals surface area contributed by atoms with Gasteiger partial charge in [0, 0.05) is 44.5 Å². The average Bonchev–Trinajstić information content (AvgIpc) is 2.40. The Balaban J connectivity index is 1.82. The van der Waals surface area contributed by atoms with E-state index in [1.807, 2.05) is 7.05 Å². The molecular weight excluding hydrogens is 210 g/mol. The summed E-state index contributed by atoms with van der Waals surface area (Å²) in [5, 5.41) is 3.30. The van der Waals surface area contributed by atoms with E-state index in [1.165, 1.54) is 18.8 Å². The number of hydrogen-bond donors (Lipinski definition) is 1. The molecule has 0 aromatic heterocycles. The van der Waals surface area contributed by atoms with Crippen LogP contribution < -0.4 is 10.2 Å². The first-order valence-electron chi connectivity index (χ1n) is 6.49. The van der Waals surface area contributed by atoms with Gasteiger partial charge in [-0.3, -0.25) is 4.90 Å². The van der Waals surface area contributed by atoms with Gasteiger partial charge in [0.1, 0.15) is 0 Å². The smallest absolute Gasteiger partial charge is 0.0367 e. The van der Waals surface area contributed by atoms with Crippen molar-refractivity contribution in [3.05, 3.63) is 30.3 Å². The molecule has 94 valence electrons. The number of anilines is 1. The first-order valence-corrected chi connectivity index (χ1v) is 6.49. The molecule has 1 N–H and O–H groups in total. The van der Waals surface area contributed by atoms with Crippen molar-refractivity contribution in [2.24, 2.45) is 0 Å². The van der Waals surface area contributed by atoms with E-state index in [2.05, 4.69) is 52.4 Å². The van der Waals surface area contributed by atoms with Crippen LogP contribution in [-0.4, -0.2) is 50.7 Å². The molecule has 0 bridgehead atoms. The molecule has 0 radical (unpaired) electrons. The van der Waals surface area contributed by atoms with Gasteiger partial charge in [0.05, 0.1) is 0 Å². The summed E-state index contributed by atoms with van der Waals surface area (Å²) in [6.45, 7) is 8.01. The highest BCUT2D eigenvalue weighted by Crippen LogP contribution is 2.15. The van der Waals surface area contributed by atoms with E-state index in [4.69, 9.17) is 0 Å². The molecule has 1 heterocycles. The van der Waals surface area contributed by atoms with Crippen LogP contribution in [0.5, 0.6) is 0 Å². The van der Waals surface area contributed by atoms with E-state index in [1.54, 1.807) is 0 Å². The van der Waals surface area contributed by atoms with Gasteiger partial charge in [0.2, 0.25) is 0 Å². The maximum atomic E-state index is 3.30. The second-order valence-electron chi connectivity index (χ2n) is 4.81. The van der Waals surface area contributed by atoms with Crippen LogP contribution in [0.4, 0.5) is 5.69 Å². The third kappa shape index (κ3) is 3.45. The van der Waals surface area contributed by atoms with Gasteiger partial charge < -0.3 is 10.2 Å². The number of nitrogens with one attached hydrogen (secondary N) is 1. The lowest BCUT2D eigenvalue weighted by atomic mass is 10.2. The lowest BCUT2D eigenvalue weighted by Gasteiger charge is -2.37. The van der Waals surface area contributed by atoms with E-state index in [9.17, 15) is 0 Å². The minimum absolute atomic E-state index is 0.582. The third-order valence-corrected chi connectivity index (χ3v) is 3.52. The number of para-hydroxylation sites is 1. The Labute approximate surface area is 104 Å². The molecule has 0 aliphatic carbocycles. The maximum Gasteiger partial charge on any atom is 0.0367 e. The first-order chi connectivity index (χ1) is 8.29. The molecule has 1 unspecified atom stereocenters. The number of rotatable bonds is 4. The average molecular weight is 233 g/mol. The lowest BCUT2D eigenvalue weighted by Crippen LogP contribution is -2.49. The van der Waals surface area contributed by atoms with E-state index in [0.717, 1.165) is 19.6 Å². The summed E-state index contributed by atoms with van der Waals surface area (Å²) in [4.78, 5) is 5.02. The molecule has 1 aromatic rings. The highest BCUT2D eigenvalue weighted by molar-refractivity contribution is 5.46. The van der Waals surface area contributed by atoms with Crippen molar-refractivity contribution >= 4 is 5.69 Å². The Morgan fingerprint density at radius 3 is 2.35 bits per heavy atom. The van der Waals surface area contributed by atoms with Gasteiger partial charge >= 0.3 is 0 Å². The minimum Gasteiger partial charge on any atom is -0.369 e. The van der Waals surface area contributed by atoms with E-state index >= 15 is 0 Å². The van der Waals surface area contributed by atoms with Crippen LogP contribution in [0.3, 0.4) is 0 Å². The van der Waals surface area contributed by atoms with Crippen molar-refractivity contribution < 1.29 is 0 Å². The van der Waals surface area contributed by atoms with Crippen molar-refractivity contribution in [2.75, 3.05) is 44.7 Å². The fourth-order valence-corrected chi connectivity index (χ4v) is 2.31. The zero-order chi connectivity index (χ0) is 12.1. The van der Waals surface area contributed by atoms with E-state index in [-0.39, 0.29) is 0 Å². The quantitative estimate of drug-likeness (QED) is 0.848. The Hall–Kier alpha value is -1.06. The van der Waals surface area contributed by atoms with E-state index in [0.29, 0.717) is 6.04 Å². The molecule has 1 aromatic carbocycles. The van der Waals surface area contributed by atoms with Gasteiger partial charge in [-0.15, -0.1) is 0 Å². The summed E-state index contributed by atoms with van der Waals surface area (Å²) in [6.07, 6.45) is 0. The number of hydrogen-bond acceptors (Lipinski definition) is 3. The second-order valence-corrected chi connectivity index (χ2v) is 4.81. The second kappa shape index (κ2) is 6.03. The first kappa shape index (κ1) is 12.4. The maximum absolute atomic E-state index is 3.30. The van der Waals surface area contributed by atoms with Crippen LogP contribution in [0.15, 0.2) is 30.3 Å². The molecular formula is C14H23N3. The number of nitrogens with zero attached hydrogens (tertiary/aromatic N) is 2. The molecule has 0 amide bonds. The van der Waals surface area contributed by atoms with Crippen molar-refractivity contribution in [3.8, 4) is 0 Å². The molecule has 1 atom stereocenters. The highest BCUT2D eigenvalue weighted by Gasteiger charge is 2.17. The molecule has 1 fully saturated rings. The van der Waals surface area contributed by atoms with E-state index < -0.39 is 0 Å². The zero-order valence-corrected chi connectivity index (χ0v) is 10.9. The van der Waals surface area contributed by atoms with Gasteiger partial charge in [-0.2, -0.15) is 0 Å². The van der Waals surface area contributed by atoms with Crippen LogP contribution in [-0.2, 0) is 0 Å². The van der Waals surface area contributed by atoms with Crippen LogP contribution in [0.2, 0.25) is 0 Å². The minimum atomic E-state index is 0.582. The Bertz CT molecular complexity index is 317. The van der Waals surface area contributed by atoms with Crippen molar-refractivity contribution in [2.45, 2.75) is 13.0 Å². The SMILES string of the molecule is CNC(C)CN1CCN(c2ccccc2)CC1. The Morgan fingerprint density at radius 1 is 1.12 bits per heavy atom. The molecule has 1 aliphatic rings. The Morgan fingerprint density at radius 2 is 1.76 bits per heavy atom. The van der Waals surface area contributed by atoms with Gasteiger partial charge in [-0.05, 0) is 26.1 Å². The van der Waals surface area contributed by atoms with Gasteiger partial charge in [-0.1, -0.05) is 18.2 Å². The molecule has 1 saturated heterocycles. The lowest BCUT2D eigenvalue weighted by molar-refractivity contribution is 0.237. The van der Waals surface area contributed by atoms with Crippen molar-refractivity contribution in [3.63, 3.8) is 0 Å². The van der Waals surface area contributed by atoms with Crippen molar-refractivity contribution in [1.29, 1.82) is 0 Å². The summed E-state index contributed by atoms with van der Waals surface area (Å²) in [5.74, 6) is 0. The molecule has 1 aliphatic heterocycles.